The van der Waals surface area contributed by atoms with Crippen LogP contribution in [0.5, 0.6) is 0 Å². The first kappa shape index (κ1) is 8.76. The summed E-state index contributed by atoms with van der Waals surface area (Å²) >= 11 is 0. The predicted molar refractivity (Wildman–Crippen MR) is 55.7 cm³/mol. The van der Waals surface area contributed by atoms with Gasteiger partial charge in [-0.2, -0.15) is 0 Å². The molecule has 0 radical (unpaired) electrons. The van der Waals surface area contributed by atoms with Crippen LogP contribution in [-0.4, -0.2) is 6.04 Å². The molecule has 2 rings (SSSR count). The lowest BCUT2D eigenvalue weighted by Gasteiger charge is -2.06. The molecule has 1 saturated carbocycles. The summed E-state index contributed by atoms with van der Waals surface area (Å²) in [6.07, 6.45) is 1.28. The van der Waals surface area contributed by atoms with Gasteiger partial charge in [0, 0.05) is 6.04 Å². The molecule has 1 nitrogen and oxygen atoms in total. The SMILES string of the molecule is Cc1ccccc1[C@@H]1C[C@H]1[C@@H](C)N. The minimum absolute atomic E-state index is 0.351. The highest BCUT2D eigenvalue weighted by atomic mass is 14.7. The molecule has 1 aromatic carbocycles. The molecule has 70 valence electrons. The minimum atomic E-state index is 0.351. The number of hydrogen-bond acceptors (Lipinski definition) is 1. The summed E-state index contributed by atoms with van der Waals surface area (Å²) in [4.78, 5) is 0. The van der Waals surface area contributed by atoms with E-state index in [0.29, 0.717) is 6.04 Å². The highest BCUT2D eigenvalue weighted by molar-refractivity contribution is 5.33. The van der Waals surface area contributed by atoms with Gasteiger partial charge in [0.2, 0.25) is 0 Å². The van der Waals surface area contributed by atoms with Crippen LogP contribution in [-0.2, 0) is 0 Å². The second kappa shape index (κ2) is 3.15. The molecule has 1 aliphatic rings. The second-order valence-electron chi connectivity index (χ2n) is 4.22. The number of benzene rings is 1. The fourth-order valence-electron chi connectivity index (χ4n) is 2.16. The molecule has 1 fully saturated rings. The van der Waals surface area contributed by atoms with Crippen molar-refractivity contribution in [3.63, 3.8) is 0 Å². The molecule has 0 aromatic heterocycles. The molecular formula is C12H17N. The molecular weight excluding hydrogens is 158 g/mol. The smallest absolute Gasteiger partial charge is 0.00448 e. The lowest BCUT2D eigenvalue weighted by atomic mass is 10.0. The van der Waals surface area contributed by atoms with Gasteiger partial charge in [0.1, 0.15) is 0 Å². The van der Waals surface area contributed by atoms with E-state index >= 15 is 0 Å². The highest BCUT2D eigenvalue weighted by Crippen LogP contribution is 2.49. The monoisotopic (exact) mass is 175 g/mol. The van der Waals surface area contributed by atoms with Gasteiger partial charge < -0.3 is 5.73 Å². The zero-order chi connectivity index (χ0) is 9.42. The van der Waals surface area contributed by atoms with Gasteiger partial charge in [0.25, 0.3) is 0 Å². The molecule has 2 N–H and O–H groups in total. The summed E-state index contributed by atoms with van der Waals surface area (Å²) in [7, 11) is 0. The number of nitrogens with two attached hydrogens (primary N) is 1. The van der Waals surface area contributed by atoms with Gasteiger partial charge in [-0.05, 0) is 43.2 Å². The molecule has 0 saturated heterocycles. The fraction of sp³-hybridized carbons (Fsp3) is 0.500. The van der Waals surface area contributed by atoms with E-state index in [2.05, 4.69) is 38.1 Å². The predicted octanol–water partition coefficient (Wildman–Crippen LogP) is 2.45. The molecule has 13 heavy (non-hydrogen) atoms. The molecule has 0 amide bonds. The van der Waals surface area contributed by atoms with E-state index in [9.17, 15) is 0 Å². The van der Waals surface area contributed by atoms with Crippen LogP contribution < -0.4 is 5.73 Å². The first-order valence-electron chi connectivity index (χ1n) is 5.01. The molecule has 0 heterocycles. The molecule has 3 atom stereocenters. The Labute approximate surface area is 80.0 Å². The number of rotatable bonds is 2. The second-order valence-corrected chi connectivity index (χ2v) is 4.22. The van der Waals surface area contributed by atoms with Crippen LogP contribution in [0.25, 0.3) is 0 Å². The summed E-state index contributed by atoms with van der Waals surface area (Å²) in [5, 5.41) is 0. The Bertz CT molecular complexity index is 304. The Hall–Kier alpha value is -0.820. The molecule has 1 aliphatic carbocycles. The van der Waals surface area contributed by atoms with Crippen LogP contribution >= 0.6 is 0 Å². The van der Waals surface area contributed by atoms with Gasteiger partial charge in [0.15, 0.2) is 0 Å². The summed E-state index contributed by atoms with van der Waals surface area (Å²) in [6, 6.07) is 9.00. The Balaban J connectivity index is 2.16. The lowest BCUT2D eigenvalue weighted by molar-refractivity contribution is 0.631. The van der Waals surface area contributed by atoms with Crippen LogP contribution in [0, 0.1) is 12.8 Å². The van der Waals surface area contributed by atoms with Crippen LogP contribution in [0.4, 0.5) is 0 Å². The third-order valence-electron chi connectivity index (χ3n) is 3.10. The lowest BCUT2D eigenvalue weighted by Crippen LogP contribution is -2.18. The van der Waals surface area contributed by atoms with Crippen molar-refractivity contribution in [3.8, 4) is 0 Å². The molecule has 0 aliphatic heterocycles. The molecule has 0 bridgehead atoms. The first-order chi connectivity index (χ1) is 6.20. The topological polar surface area (TPSA) is 26.0 Å². The van der Waals surface area contributed by atoms with Gasteiger partial charge in [-0.25, -0.2) is 0 Å². The summed E-state index contributed by atoms with van der Waals surface area (Å²) in [5.74, 6) is 1.46. The normalized spacial score (nSPS) is 28.5. The van der Waals surface area contributed by atoms with Crippen molar-refractivity contribution < 1.29 is 0 Å². The molecule has 1 aromatic rings. The van der Waals surface area contributed by atoms with Crippen molar-refractivity contribution in [3.05, 3.63) is 35.4 Å². The van der Waals surface area contributed by atoms with Crippen molar-refractivity contribution in [2.24, 2.45) is 11.7 Å². The Morgan fingerprint density at radius 2 is 2.08 bits per heavy atom. The Kier molecular flexibility index (Phi) is 2.12. The quantitative estimate of drug-likeness (QED) is 0.734. The van der Waals surface area contributed by atoms with Gasteiger partial charge in [-0.3, -0.25) is 0 Å². The largest absolute Gasteiger partial charge is 0.328 e. The molecule has 0 unspecified atom stereocenters. The highest BCUT2D eigenvalue weighted by Gasteiger charge is 2.41. The van der Waals surface area contributed by atoms with Crippen LogP contribution in [0.2, 0.25) is 0 Å². The third kappa shape index (κ3) is 1.61. The van der Waals surface area contributed by atoms with E-state index in [1.807, 2.05) is 0 Å². The minimum Gasteiger partial charge on any atom is -0.328 e. The van der Waals surface area contributed by atoms with Gasteiger partial charge >= 0.3 is 0 Å². The maximum atomic E-state index is 5.88. The average Bonchev–Trinajstić information content (AvgIpc) is 2.84. The number of aryl methyl sites for hydroxylation is 1. The summed E-state index contributed by atoms with van der Waals surface area (Å²) in [5.41, 5.74) is 8.79. The fourth-order valence-corrected chi connectivity index (χ4v) is 2.16. The van der Waals surface area contributed by atoms with Crippen molar-refractivity contribution in [1.82, 2.24) is 0 Å². The van der Waals surface area contributed by atoms with E-state index in [4.69, 9.17) is 5.73 Å². The van der Waals surface area contributed by atoms with Crippen molar-refractivity contribution >= 4 is 0 Å². The first-order valence-corrected chi connectivity index (χ1v) is 5.01. The third-order valence-corrected chi connectivity index (χ3v) is 3.10. The van der Waals surface area contributed by atoms with E-state index < -0.39 is 0 Å². The van der Waals surface area contributed by atoms with Crippen LogP contribution in [0.15, 0.2) is 24.3 Å². The molecule has 0 spiro atoms. The van der Waals surface area contributed by atoms with E-state index in [0.717, 1.165) is 11.8 Å². The van der Waals surface area contributed by atoms with Gasteiger partial charge in [0.05, 0.1) is 0 Å². The van der Waals surface area contributed by atoms with Crippen LogP contribution in [0.1, 0.15) is 30.4 Å². The standard InChI is InChI=1S/C12H17N/c1-8-5-3-4-6-10(8)12-7-11(12)9(2)13/h3-6,9,11-12H,7,13H2,1-2H3/t9-,11+,12+/m1/s1. The van der Waals surface area contributed by atoms with E-state index in [1.165, 1.54) is 17.5 Å². The maximum absolute atomic E-state index is 5.88. The summed E-state index contributed by atoms with van der Waals surface area (Å²) in [6.45, 7) is 4.30. The summed E-state index contributed by atoms with van der Waals surface area (Å²) < 4.78 is 0. The van der Waals surface area contributed by atoms with Gasteiger partial charge in [-0.1, -0.05) is 24.3 Å². The average molecular weight is 175 g/mol. The van der Waals surface area contributed by atoms with E-state index in [-0.39, 0.29) is 0 Å². The van der Waals surface area contributed by atoms with E-state index in [1.54, 1.807) is 0 Å². The Morgan fingerprint density at radius 3 is 2.62 bits per heavy atom. The maximum Gasteiger partial charge on any atom is 0.00448 e. The zero-order valence-electron chi connectivity index (χ0n) is 8.33. The Morgan fingerprint density at radius 1 is 1.38 bits per heavy atom. The zero-order valence-corrected chi connectivity index (χ0v) is 8.33. The molecule has 1 heteroatoms. The van der Waals surface area contributed by atoms with Crippen LogP contribution in [0.3, 0.4) is 0 Å². The van der Waals surface area contributed by atoms with Gasteiger partial charge in [-0.15, -0.1) is 0 Å². The number of hydrogen-bond donors (Lipinski definition) is 1. The van der Waals surface area contributed by atoms with Crippen molar-refractivity contribution in [1.29, 1.82) is 0 Å². The van der Waals surface area contributed by atoms with Crippen molar-refractivity contribution in [2.75, 3.05) is 0 Å². The van der Waals surface area contributed by atoms with Crippen molar-refractivity contribution in [2.45, 2.75) is 32.2 Å².